The fraction of sp³-hybridized carbons (Fsp3) is 0.364. The molecule has 1 amide bonds. The number of hydrogen-bond donors (Lipinski definition) is 0. The molecule has 0 aliphatic rings. The molecule has 0 bridgehead atoms. The van der Waals surface area contributed by atoms with Gasteiger partial charge >= 0.3 is 0 Å². The van der Waals surface area contributed by atoms with E-state index < -0.39 is 9.05 Å². The molecule has 0 spiro atoms. The summed E-state index contributed by atoms with van der Waals surface area (Å²) in [5, 5.41) is 0. The minimum atomic E-state index is -3.87. The fourth-order valence-corrected chi connectivity index (χ4v) is 3.60. The molecule has 0 radical (unpaired) electrons. The summed E-state index contributed by atoms with van der Waals surface area (Å²) < 4.78 is 23.0. The molecule has 0 heterocycles. The van der Waals surface area contributed by atoms with Crippen LogP contribution in [0.3, 0.4) is 0 Å². The van der Waals surface area contributed by atoms with Gasteiger partial charge in [-0.1, -0.05) is 6.92 Å². The van der Waals surface area contributed by atoms with E-state index in [1.54, 1.807) is 13.1 Å². The molecule has 0 unspecified atom stereocenters. The Labute approximate surface area is 119 Å². The summed E-state index contributed by atoms with van der Waals surface area (Å²) in [6, 6.07) is 4.34. The molecule has 0 saturated carbocycles. The third-order valence-electron chi connectivity index (χ3n) is 2.35. The molecule has 0 aliphatic carbocycles. The highest BCUT2D eigenvalue weighted by atomic mass is 79.9. The van der Waals surface area contributed by atoms with Gasteiger partial charge < -0.3 is 4.90 Å². The van der Waals surface area contributed by atoms with Crippen molar-refractivity contribution in [2.75, 3.05) is 13.6 Å². The van der Waals surface area contributed by atoms with Crippen molar-refractivity contribution >= 4 is 41.6 Å². The second kappa shape index (κ2) is 6.04. The van der Waals surface area contributed by atoms with Crippen molar-refractivity contribution in [3.8, 4) is 0 Å². The van der Waals surface area contributed by atoms with Crippen molar-refractivity contribution in [2.45, 2.75) is 18.2 Å². The maximum atomic E-state index is 12.0. The zero-order chi connectivity index (χ0) is 13.9. The average Bonchev–Trinajstić information content (AvgIpc) is 2.27. The molecule has 4 nitrogen and oxygen atoms in total. The number of nitrogens with zero attached hydrogens (tertiary/aromatic N) is 1. The van der Waals surface area contributed by atoms with Gasteiger partial charge in [0.05, 0.1) is 4.90 Å². The van der Waals surface area contributed by atoms with Crippen molar-refractivity contribution in [1.82, 2.24) is 4.90 Å². The van der Waals surface area contributed by atoms with Crippen LogP contribution in [0.2, 0.25) is 0 Å². The first kappa shape index (κ1) is 15.5. The normalized spacial score (nSPS) is 11.3. The minimum absolute atomic E-state index is 0.0973. The summed E-state index contributed by atoms with van der Waals surface area (Å²) in [7, 11) is 3.10. The van der Waals surface area contributed by atoms with Gasteiger partial charge in [-0.05, 0) is 40.5 Å². The van der Waals surface area contributed by atoms with Gasteiger partial charge in [0.15, 0.2) is 0 Å². The summed E-state index contributed by atoms with van der Waals surface area (Å²) in [6.07, 6.45) is 0.833. The van der Waals surface area contributed by atoms with Gasteiger partial charge in [0.1, 0.15) is 0 Å². The third-order valence-corrected chi connectivity index (χ3v) is 4.66. The quantitative estimate of drug-likeness (QED) is 0.781. The zero-order valence-electron chi connectivity index (χ0n) is 9.98. The molecule has 1 aromatic carbocycles. The highest BCUT2D eigenvalue weighted by Gasteiger charge is 2.18. The Bertz CT molecular complexity index is 559. The van der Waals surface area contributed by atoms with Crippen LogP contribution < -0.4 is 0 Å². The Kier molecular flexibility index (Phi) is 5.19. The molecule has 0 fully saturated rings. The zero-order valence-corrected chi connectivity index (χ0v) is 13.1. The van der Waals surface area contributed by atoms with Crippen LogP contribution in [-0.4, -0.2) is 32.8 Å². The van der Waals surface area contributed by atoms with Crippen LogP contribution in [0.4, 0.5) is 0 Å². The van der Waals surface area contributed by atoms with Crippen molar-refractivity contribution in [3.05, 3.63) is 28.2 Å². The molecular weight excluding hydrogens is 342 g/mol. The molecule has 1 aromatic rings. The van der Waals surface area contributed by atoms with E-state index in [1.807, 2.05) is 6.92 Å². The lowest BCUT2D eigenvalue weighted by atomic mass is 10.2. The maximum Gasteiger partial charge on any atom is 0.262 e. The Morgan fingerprint density at radius 2 is 2.06 bits per heavy atom. The summed E-state index contributed by atoms with van der Waals surface area (Å²) in [6.45, 7) is 2.57. The lowest BCUT2D eigenvalue weighted by molar-refractivity contribution is 0.0795. The minimum Gasteiger partial charge on any atom is -0.342 e. The van der Waals surface area contributed by atoms with E-state index in [2.05, 4.69) is 15.9 Å². The molecule has 1 rings (SSSR count). The predicted octanol–water partition coefficient (Wildman–Crippen LogP) is 2.86. The Morgan fingerprint density at radius 1 is 1.44 bits per heavy atom. The highest BCUT2D eigenvalue weighted by Crippen LogP contribution is 2.26. The van der Waals surface area contributed by atoms with Gasteiger partial charge in [-0.15, -0.1) is 0 Å². The number of hydrogen-bond acceptors (Lipinski definition) is 3. The van der Waals surface area contributed by atoms with E-state index in [-0.39, 0.29) is 10.8 Å². The first-order chi connectivity index (χ1) is 8.27. The SMILES string of the molecule is CCCN(C)C(=O)c1ccc(Br)c(S(=O)(=O)Cl)c1. The van der Waals surface area contributed by atoms with Gasteiger partial charge in [-0.3, -0.25) is 4.79 Å². The van der Waals surface area contributed by atoms with Crippen LogP contribution >= 0.6 is 26.6 Å². The van der Waals surface area contributed by atoms with Gasteiger partial charge in [-0.2, -0.15) is 0 Å². The largest absolute Gasteiger partial charge is 0.342 e. The van der Waals surface area contributed by atoms with Crippen molar-refractivity contribution in [1.29, 1.82) is 0 Å². The van der Waals surface area contributed by atoms with Gasteiger partial charge in [0.25, 0.3) is 15.0 Å². The van der Waals surface area contributed by atoms with Crippen molar-refractivity contribution in [2.24, 2.45) is 0 Å². The number of halogens is 2. The van der Waals surface area contributed by atoms with E-state index in [1.165, 1.54) is 17.0 Å². The second-order valence-corrected chi connectivity index (χ2v) is 7.20. The molecular formula is C11H13BrClNO3S. The third kappa shape index (κ3) is 3.70. The number of rotatable bonds is 4. The number of benzene rings is 1. The van der Waals surface area contributed by atoms with E-state index in [4.69, 9.17) is 10.7 Å². The molecule has 0 aromatic heterocycles. The molecule has 18 heavy (non-hydrogen) atoms. The van der Waals surface area contributed by atoms with Crippen LogP contribution in [-0.2, 0) is 9.05 Å². The first-order valence-electron chi connectivity index (χ1n) is 5.27. The summed E-state index contributed by atoms with van der Waals surface area (Å²) >= 11 is 3.09. The first-order valence-corrected chi connectivity index (χ1v) is 8.37. The summed E-state index contributed by atoms with van der Waals surface area (Å²) in [4.78, 5) is 13.4. The van der Waals surface area contributed by atoms with E-state index in [0.29, 0.717) is 16.6 Å². The lowest BCUT2D eigenvalue weighted by Gasteiger charge is -2.16. The maximum absolute atomic E-state index is 12.0. The molecule has 0 aliphatic heterocycles. The molecule has 7 heteroatoms. The van der Waals surface area contributed by atoms with Gasteiger partial charge in [0.2, 0.25) is 0 Å². The summed E-state index contributed by atoms with van der Waals surface area (Å²) in [5.41, 5.74) is 0.299. The van der Waals surface area contributed by atoms with Crippen LogP contribution in [0, 0.1) is 0 Å². The van der Waals surface area contributed by atoms with E-state index in [0.717, 1.165) is 6.42 Å². The fourth-order valence-electron chi connectivity index (χ4n) is 1.48. The molecule has 0 N–H and O–H groups in total. The summed E-state index contributed by atoms with van der Waals surface area (Å²) in [5.74, 6) is -0.231. The van der Waals surface area contributed by atoms with Gasteiger partial charge in [0, 0.05) is 34.3 Å². The Morgan fingerprint density at radius 3 is 2.56 bits per heavy atom. The number of carbonyl (C=O) groups excluding carboxylic acids is 1. The Balaban J connectivity index is 3.17. The van der Waals surface area contributed by atoms with Crippen LogP contribution in [0.25, 0.3) is 0 Å². The second-order valence-electron chi connectivity index (χ2n) is 3.81. The van der Waals surface area contributed by atoms with E-state index in [9.17, 15) is 13.2 Å². The van der Waals surface area contributed by atoms with E-state index >= 15 is 0 Å². The molecule has 0 saturated heterocycles. The average molecular weight is 355 g/mol. The molecule has 0 atom stereocenters. The van der Waals surface area contributed by atoms with Crippen molar-refractivity contribution in [3.63, 3.8) is 0 Å². The highest BCUT2D eigenvalue weighted by molar-refractivity contribution is 9.10. The monoisotopic (exact) mass is 353 g/mol. The smallest absolute Gasteiger partial charge is 0.262 e. The van der Waals surface area contributed by atoms with Crippen LogP contribution in [0.5, 0.6) is 0 Å². The van der Waals surface area contributed by atoms with Crippen molar-refractivity contribution < 1.29 is 13.2 Å². The lowest BCUT2D eigenvalue weighted by Crippen LogP contribution is -2.27. The standard InChI is InChI=1S/C11H13BrClNO3S/c1-3-6-14(2)11(15)8-4-5-9(12)10(7-8)18(13,16)17/h4-5,7H,3,6H2,1-2H3. The van der Waals surface area contributed by atoms with Crippen LogP contribution in [0.1, 0.15) is 23.7 Å². The Hall–Kier alpha value is -0.590. The number of carbonyl (C=O) groups is 1. The predicted molar refractivity (Wildman–Crippen MR) is 74.4 cm³/mol. The molecule has 100 valence electrons. The number of amides is 1. The topological polar surface area (TPSA) is 54.5 Å². The van der Waals surface area contributed by atoms with Crippen LogP contribution in [0.15, 0.2) is 27.6 Å². The van der Waals surface area contributed by atoms with Gasteiger partial charge in [-0.25, -0.2) is 8.42 Å².